The van der Waals surface area contributed by atoms with Crippen LogP contribution in [0.5, 0.6) is 5.88 Å². The van der Waals surface area contributed by atoms with Crippen molar-refractivity contribution in [3.8, 4) is 5.88 Å². The predicted octanol–water partition coefficient (Wildman–Crippen LogP) is 4.09. The molecule has 1 atom stereocenters. The minimum atomic E-state index is -3.87. The van der Waals surface area contributed by atoms with Gasteiger partial charge in [0, 0.05) is 11.6 Å². The Balaban J connectivity index is 2.34. The van der Waals surface area contributed by atoms with Crippen LogP contribution in [0.2, 0.25) is 0 Å². The number of hydrogen-bond acceptors (Lipinski definition) is 8. The molecule has 0 aliphatic rings. The Kier molecular flexibility index (Phi) is 11.2. The molecule has 10 nitrogen and oxygen atoms in total. The third-order valence-electron chi connectivity index (χ3n) is 5.84. The highest BCUT2D eigenvalue weighted by Gasteiger charge is 2.22. The van der Waals surface area contributed by atoms with Gasteiger partial charge in [0.25, 0.3) is 5.56 Å². The van der Waals surface area contributed by atoms with E-state index in [0.717, 1.165) is 17.4 Å². The number of ether oxygens (including phenoxy) is 1. The van der Waals surface area contributed by atoms with E-state index in [-0.39, 0.29) is 54.6 Å². The summed E-state index contributed by atoms with van der Waals surface area (Å²) >= 11 is 0. The second kappa shape index (κ2) is 13.6. The first-order valence-electron chi connectivity index (χ1n) is 12.1. The van der Waals surface area contributed by atoms with Crippen LogP contribution in [0.25, 0.3) is 0 Å². The number of nitrogens with one attached hydrogen (secondary N) is 1. The van der Waals surface area contributed by atoms with E-state index in [0.29, 0.717) is 23.5 Å². The van der Waals surface area contributed by atoms with Crippen molar-refractivity contribution < 1.29 is 23.4 Å². The molecule has 2 aromatic rings. The van der Waals surface area contributed by atoms with Gasteiger partial charge in [-0.1, -0.05) is 38.8 Å². The smallest absolute Gasteiger partial charge is 0.281 e. The van der Waals surface area contributed by atoms with Gasteiger partial charge < -0.3 is 14.9 Å². The molecule has 0 aliphatic carbocycles. The fourth-order valence-electron chi connectivity index (χ4n) is 3.67. The maximum Gasteiger partial charge on any atom is 0.281 e. The zero-order valence-electron chi connectivity index (χ0n) is 21.7. The van der Waals surface area contributed by atoms with Crippen LogP contribution in [0.4, 0.5) is 11.4 Å². The van der Waals surface area contributed by atoms with Crippen molar-refractivity contribution in [2.75, 3.05) is 19.8 Å². The molecule has 3 N–H and O–H groups in total. The van der Waals surface area contributed by atoms with E-state index in [2.05, 4.69) is 28.8 Å². The average Bonchev–Trinajstić information content (AvgIpc) is 2.82. The van der Waals surface area contributed by atoms with Crippen LogP contribution in [-0.4, -0.2) is 49.1 Å². The molecule has 200 valence electrons. The molecule has 0 saturated carbocycles. The number of sulfonamides is 1. The summed E-state index contributed by atoms with van der Waals surface area (Å²) in [4.78, 5) is 13.0. The zero-order valence-corrected chi connectivity index (χ0v) is 22.5. The summed E-state index contributed by atoms with van der Waals surface area (Å²) in [6.45, 7) is 9.51. The van der Waals surface area contributed by atoms with Gasteiger partial charge in [-0.3, -0.25) is 9.36 Å². The molecule has 1 aromatic heterocycles. The monoisotopic (exact) mass is 522 g/mol. The van der Waals surface area contributed by atoms with E-state index in [1.54, 1.807) is 26.0 Å². The van der Waals surface area contributed by atoms with Crippen LogP contribution < -0.4 is 10.3 Å². The number of pyridine rings is 1. The summed E-state index contributed by atoms with van der Waals surface area (Å²) in [7, 11) is -3.87. The number of rotatable bonds is 14. The summed E-state index contributed by atoms with van der Waals surface area (Å²) in [5, 5.41) is 27.5. The van der Waals surface area contributed by atoms with Gasteiger partial charge in [-0.15, -0.1) is 10.2 Å². The summed E-state index contributed by atoms with van der Waals surface area (Å²) in [6, 6.07) is 5.97. The van der Waals surface area contributed by atoms with Crippen molar-refractivity contribution in [1.82, 2.24) is 9.29 Å². The maximum atomic E-state index is 13.1. The molecular weight excluding hydrogens is 484 g/mol. The normalized spacial score (nSPS) is 13.1. The van der Waals surface area contributed by atoms with Gasteiger partial charge in [-0.2, -0.15) is 0 Å². The molecule has 1 aromatic carbocycles. The van der Waals surface area contributed by atoms with E-state index < -0.39 is 15.6 Å². The van der Waals surface area contributed by atoms with E-state index in [1.165, 1.54) is 12.1 Å². The van der Waals surface area contributed by atoms with Crippen LogP contribution in [-0.2, 0) is 21.3 Å². The largest absolute Gasteiger partial charge is 0.494 e. The number of aromatic hydroxyl groups is 1. The summed E-state index contributed by atoms with van der Waals surface area (Å²) in [5.41, 5.74) is 0.398. The van der Waals surface area contributed by atoms with Gasteiger partial charge in [-0.05, 0) is 50.8 Å². The zero-order chi connectivity index (χ0) is 26.9. The second-order valence-corrected chi connectivity index (χ2v) is 10.9. The van der Waals surface area contributed by atoms with E-state index >= 15 is 0 Å². The van der Waals surface area contributed by atoms with Crippen LogP contribution in [0, 0.1) is 19.8 Å². The summed E-state index contributed by atoms with van der Waals surface area (Å²) in [6.07, 6.45) is 2.65. The van der Waals surface area contributed by atoms with Crippen molar-refractivity contribution >= 4 is 21.4 Å². The number of nitrogens with zero attached hydrogens (tertiary/aromatic N) is 3. The van der Waals surface area contributed by atoms with Crippen molar-refractivity contribution in [1.29, 1.82) is 0 Å². The predicted molar refractivity (Wildman–Crippen MR) is 139 cm³/mol. The summed E-state index contributed by atoms with van der Waals surface area (Å²) < 4.78 is 35.2. The van der Waals surface area contributed by atoms with Crippen molar-refractivity contribution in [3.05, 3.63) is 45.7 Å². The van der Waals surface area contributed by atoms with Crippen LogP contribution >= 0.6 is 0 Å². The molecule has 0 radical (unpaired) electrons. The molecule has 11 heteroatoms. The number of benzene rings is 1. The fraction of sp³-hybridized carbons (Fsp3) is 0.560. The fourth-order valence-corrected chi connectivity index (χ4v) is 5.09. The number of aliphatic hydroxyl groups excluding tert-OH is 1. The Morgan fingerprint density at radius 1 is 1.06 bits per heavy atom. The lowest BCUT2D eigenvalue weighted by Gasteiger charge is -2.16. The van der Waals surface area contributed by atoms with Gasteiger partial charge in [0.15, 0.2) is 11.6 Å². The molecular formula is C25H38N4O6S. The average molecular weight is 523 g/mol. The van der Waals surface area contributed by atoms with Crippen molar-refractivity contribution in [2.24, 2.45) is 16.1 Å². The lowest BCUT2D eigenvalue weighted by atomic mass is 10.0. The van der Waals surface area contributed by atoms with Crippen LogP contribution in [0.1, 0.15) is 51.2 Å². The Hall–Kier alpha value is -2.60. The first-order valence-corrected chi connectivity index (χ1v) is 13.6. The summed E-state index contributed by atoms with van der Waals surface area (Å²) in [5.74, 6) is 0.349. The molecule has 0 spiro atoms. The molecule has 0 aliphatic heterocycles. The highest BCUT2D eigenvalue weighted by atomic mass is 32.2. The highest BCUT2D eigenvalue weighted by molar-refractivity contribution is 7.89. The Morgan fingerprint density at radius 2 is 1.75 bits per heavy atom. The van der Waals surface area contributed by atoms with Gasteiger partial charge in [0.2, 0.25) is 10.0 Å². The van der Waals surface area contributed by atoms with Gasteiger partial charge in [0.1, 0.15) is 10.6 Å². The van der Waals surface area contributed by atoms with Crippen molar-refractivity contribution in [3.63, 3.8) is 0 Å². The third-order valence-corrected chi connectivity index (χ3v) is 7.48. The van der Waals surface area contributed by atoms with E-state index in [4.69, 9.17) is 9.84 Å². The first-order chi connectivity index (χ1) is 17.0. The molecule has 0 saturated heterocycles. The van der Waals surface area contributed by atoms with E-state index in [9.17, 15) is 18.3 Å². The van der Waals surface area contributed by atoms with Gasteiger partial charge >= 0.3 is 0 Å². The molecule has 1 heterocycles. The van der Waals surface area contributed by atoms with Gasteiger partial charge in [0.05, 0.1) is 26.4 Å². The lowest BCUT2D eigenvalue weighted by Crippen LogP contribution is -2.32. The highest BCUT2D eigenvalue weighted by Crippen LogP contribution is 2.29. The van der Waals surface area contributed by atoms with Crippen molar-refractivity contribution in [2.45, 2.75) is 71.4 Å². The Morgan fingerprint density at radius 3 is 2.42 bits per heavy atom. The van der Waals surface area contributed by atoms with Gasteiger partial charge in [-0.25, -0.2) is 13.1 Å². The third kappa shape index (κ3) is 7.95. The lowest BCUT2D eigenvalue weighted by molar-refractivity contribution is 0.0853. The van der Waals surface area contributed by atoms with Crippen LogP contribution in [0.3, 0.4) is 0 Å². The molecule has 2 rings (SSSR count). The number of aliphatic hydroxyl groups is 1. The van der Waals surface area contributed by atoms with Crippen LogP contribution in [0.15, 0.2) is 44.2 Å². The molecule has 1 unspecified atom stereocenters. The second-order valence-electron chi connectivity index (χ2n) is 9.23. The first kappa shape index (κ1) is 29.6. The minimum absolute atomic E-state index is 0.00493. The quantitative estimate of drug-likeness (QED) is 0.252. The molecule has 0 amide bonds. The number of hydrogen-bond donors (Lipinski definition) is 3. The maximum absolute atomic E-state index is 13.1. The topological polar surface area (TPSA) is 143 Å². The molecule has 0 fully saturated rings. The number of azo groups is 1. The Bertz CT molecular complexity index is 1210. The number of aromatic nitrogens is 1. The SMILES string of the molecule is Cc1c(C)c(O)n(CCOCCO)c(=O)c1N=Nc1ccccc1S(=O)(=O)NC(C)CCCC(C)C. The minimum Gasteiger partial charge on any atom is -0.494 e. The molecule has 36 heavy (non-hydrogen) atoms. The standard InChI is InChI=1S/C25H38N4O6S/c1-17(2)9-8-10-18(3)28-36(33,34)22-12-7-6-11-21(22)26-27-23-19(4)20(5)24(31)29(25(23)32)13-15-35-16-14-30/h6-7,11-12,17-18,28,30-31H,8-10,13-16H2,1-5H3. The molecule has 0 bridgehead atoms. The van der Waals surface area contributed by atoms with E-state index in [1.807, 2.05) is 6.92 Å². The Labute approximate surface area is 213 Å².